The minimum Gasteiger partial charge on any atom is -0.457 e. The number of ether oxygens (including phenoxy) is 2. The second-order valence-electron chi connectivity index (χ2n) is 11.9. The van der Waals surface area contributed by atoms with Crippen molar-refractivity contribution in [3.8, 4) is 0 Å². The predicted octanol–water partition coefficient (Wildman–Crippen LogP) is 7.82. The highest BCUT2D eigenvalue weighted by molar-refractivity contribution is 7.47. The zero-order valence-electron chi connectivity index (χ0n) is 26.1. The van der Waals surface area contributed by atoms with Crippen molar-refractivity contribution in [3.05, 3.63) is 0 Å². The number of rotatable bonds is 29. The zero-order chi connectivity index (χ0) is 29.2. The Hall–Kier alpha value is -0.500. The number of carbonyl (C=O) groups is 1. The largest absolute Gasteiger partial charge is 0.472 e. The van der Waals surface area contributed by atoms with Crippen molar-refractivity contribution in [2.24, 2.45) is 0 Å². The first-order chi connectivity index (χ1) is 18.6. The molecule has 0 aromatic rings. The van der Waals surface area contributed by atoms with Gasteiger partial charge in [0, 0.05) is 13.0 Å². The number of esters is 1. The second kappa shape index (κ2) is 25.2. The SMILES string of the molecule is CCCCCCCCCCCCCCCOCC(COP(=O)(O)OCC[N+](C)(C)C)OC(=O)CCCCCC. The Labute approximate surface area is 240 Å². The van der Waals surface area contributed by atoms with Crippen LogP contribution in [0.1, 0.15) is 129 Å². The normalized spacial score (nSPS) is 14.3. The van der Waals surface area contributed by atoms with Crippen molar-refractivity contribution < 1.29 is 37.3 Å². The minimum absolute atomic E-state index is 0.0920. The van der Waals surface area contributed by atoms with E-state index in [2.05, 4.69) is 13.8 Å². The first kappa shape index (κ1) is 38.5. The lowest BCUT2D eigenvalue weighted by Gasteiger charge is -2.24. The van der Waals surface area contributed by atoms with Crippen LogP contribution in [0.5, 0.6) is 0 Å². The predicted molar refractivity (Wildman–Crippen MR) is 160 cm³/mol. The van der Waals surface area contributed by atoms with Crippen molar-refractivity contribution in [3.63, 3.8) is 0 Å². The van der Waals surface area contributed by atoms with E-state index in [-0.39, 0.29) is 25.8 Å². The maximum atomic E-state index is 12.3. The molecular weight excluding hydrogens is 517 g/mol. The molecule has 1 N–H and O–H groups in total. The summed E-state index contributed by atoms with van der Waals surface area (Å²) >= 11 is 0. The molecule has 8 nitrogen and oxygen atoms in total. The standard InChI is InChI=1S/C30H62NO7P/c1-6-8-10-12-13-14-15-16-17-18-19-20-22-25-35-27-29(38-30(32)23-21-11-9-7-2)28-37-39(33,34)36-26-24-31(3,4)5/h29H,6-28H2,1-5H3/p+1. The van der Waals surface area contributed by atoms with Gasteiger partial charge in [0.1, 0.15) is 19.3 Å². The van der Waals surface area contributed by atoms with Gasteiger partial charge in [0.25, 0.3) is 0 Å². The second-order valence-corrected chi connectivity index (χ2v) is 13.3. The number of hydrogen-bond donors (Lipinski definition) is 1. The number of phosphoric acid groups is 1. The molecule has 0 aliphatic heterocycles. The third-order valence-electron chi connectivity index (χ3n) is 6.67. The summed E-state index contributed by atoms with van der Waals surface area (Å²) in [6.45, 7) is 5.50. The lowest BCUT2D eigenvalue weighted by molar-refractivity contribution is -0.870. The Morgan fingerprint density at radius 2 is 1.18 bits per heavy atom. The summed E-state index contributed by atoms with van der Waals surface area (Å²) in [5.41, 5.74) is 0. The van der Waals surface area contributed by atoms with Crippen LogP contribution in [0.15, 0.2) is 0 Å². The molecule has 0 saturated carbocycles. The summed E-state index contributed by atoms with van der Waals surface area (Å²) in [4.78, 5) is 22.3. The lowest BCUT2D eigenvalue weighted by atomic mass is 10.0. The molecule has 234 valence electrons. The number of carbonyl (C=O) groups excluding carboxylic acids is 1. The van der Waals surface area contributed by atoms with E-state index in [1.807, 2.05) is 21.1 Å². The van der Waals surface area contributed by atoms with Gasteiger partial charge in [-0.25, -0.2) is 4.57 Å². The Bertz CT molecular complexity index is 613. The first-order valence-electron chi connectivity index (χ1n) is 15.8. The topological polar surface area (TPSA) is 91.3 Å². The van der Waals surface area contributed by atoms with E-state index in [0.717, 1.165) is 38.5 Å². The number of unbranched alkanes of at least 4 members (excludes halogenated alkanes) is 15. The molecular formula is C30H63NO7P+. The molecule has 0 spiro atoms. The molecule has 39 heavy (non-hydrogen) atoms. The average molecular weight is 581 g/mol. The molecule has 0 heterocycles. The Kier molecular flexibility index (Phi) is 24.9. The molecule has 0 aliphatic rings. The monoisotopic (exact) mass is 580 g/mol. The quantitative estimate of drug-likeness (QED) is 0.0417. The van der Waals surface area contributed by atoms with Crippen LogP contribution in [-0.2, 0) is 27.9 Å². The molecule has 0 amide bonds. The summed E-state index contributed by atoms with van der Waals surface area (Å²) in [7, 11) is 1.67. The van der Waals surface area contributed by atoms with Gasteiger partial charge < -0.3 is 18.9 Å². The number of hydrogen-bond acceptors (Lipinski definition) is 6. The van der Waals surface area contributed by atoms with E-state index in [1.165, 1.54) is 70.6 Å². The van der Waals surface area contributed by atoms with Crippen molar-refractivity contribution in [1.82, 2.24) is 0 Å². The number of nitrogens with zero attached hydrogens (tertiary/aromatic N) is 1. The summed E-state index contributed by atoms with van der Waals surface area (Å²) in [6.07, 6.45) is 20.3. The van der Waals surface area contributed by atoms with Gasteiger partial charge in [-0.1, -0.05) is 110 Å². The molecule has 9 heteroatoms. The molecule has 0 fully saturated rings. The Balaban J connectivity index is 4.18. The fourth-order valence-corrected chi connectivity index (χ4v) is 4.88. The van der Waals surface area contributed by atoms with Gasteiger partial charge in [-0.2, -0.15) is 0 Å². The number of likely N-dealkylation sites (N-methyl/N-ethyl adjacent to an activating group) is 1. The van der Waals surface area contributed by atoms with Crippen molar-refractivity contribution in [1.29, 1.82) is 0 Å². The summed E-state index contributed by atoms with van der Waals surface area (Å²) in [5, 5.41) is 0. The van der Waals surface area contributed by atoms with E-state index >= 15 is 0 Å². The summed E-state index contributed by atoms with van der Waals surface area (Å²) in [6, 6.07) is 0. The Morgan fingerprint density at radius 3 is 1.69 bits per heavy atom. The molecule has 0 aromatic heterocycles. The molecule has 0 bridgehead atoms. The Morgan fingerprint density at radius 1 is 0.692 bits per heavy atom. The molecule has 2 atom stereocenters. The van der Waals surface area contributed by atoms with Gasteiger partial charge in [0.15, 0.2) is 0 Å². The van der Waals surface area contributed by atoms with E-state index in [4.69, 9.17) is 18.5 Å². The third kappa shape index (κ3) is 28.8. The molecule has 0 aliphatic carbocycles. The fourth-order valence-electron chi connectivity index (χ4n) is 4.14. The minimum atomic E-state index is -4.24. The van der Waals surface area contributed by atoms with Crippen LogP contribution in [0.2, 0.25) is 0 Å². The van der Waals surface area contributed by atoms with Crippen LogP contribution in [0.3, 0.4) is 0 Å². The van der Waals surface area contributed by atoms with E-state index in [0.29, 0.717) is 24.1 Å². The van der Waals surface area contributed by atoms with E-state index in [1.54, 1.807) is 0 Å². The molecule has 0 radical (unpaired) electrons. The van der Waals surface area contributed by atoms with Crippen LogP contribution < -0.4 is 0 Å². The van der Waals surface area contributed by atoms with Crippen LogP contribution in [0.4, 0.5) is 0 Å². The summed E-state index contributed by atoms with van der Waals surface area (Å²) < 4.78 is 34.4. The van der Waals surface area contributed by atoms with Gasteiger partial charge in [-0.05, 0) is 12.8 Å². The van der Waals surface area contributed by atoms with E-state index in [9.17, 15) is 14.3 Å². The first-order valence-corrected chi connectivity index (χ1v) is 17.3. The van der Waals surface area contributed by atoms with E-state index < -0.39 is 13.9 Å². The molecule has 0 rings (SSSR count). The van der Waals surface area contributed by atoms with Crippen molar-refractivity contribution in [2.45, 2.75) is 136 Å². The van der Waals surface area contributed by atoms with Crippen LogP contribution in [0, 0.1) is 0 Å². The zero-order valence-corrected chi connectivity index (χ0v) is 27.0. The maximum Gasteiger partial charge on any atom is 0.472 e. The van der Waals surface area contributed by atoms with Gasteiger partial charge in [0.05, 0.1) is 34.4 Å². The third-order valence-corrected chi connectivity index (χ3v) is 7.65. The smallest absolute Gasteiger partial charge is 0.457 e. The fraction of sp³-hybridized carbons (Fsp3) is 0.967. The van der Waals surface area contributed by atoms with Gasteiger partial charge >= 0.3 is 13.8 Å². The van der Waals surface area contributed by atoms with Gasteiger partial charge in [-0.15, -0.1) is 0 Å². The van der Waals surface area contributed by atoms with Gasteiger partial charge in [-0.3, -0.25) is 13.8 Å². The number of phosphoric ester groups is 1. The van der Waals surface area contributed by atoms with Gasteiger partial charge in [0.2, 0.25) is 0 Å². The molecule has 2 unspecified atom stereocenters. The number of quaternary nitrogens is 1. The molecule has 0 saturated heterocycles. The highest BCUT2D eigenvalue weighted by Crippen LogP contribution is 2.43. The van der Waals surface area contributed by atoms with Crippen LogP contribution >= 0.6 is 7.82 Å². The molecule has 0 aromatic carbocycles. The van der Waals surface area contributed by atoms with Crippen LogP contribution in [0.25, 0.3) is 0 Å². The lowest BCUT2D eigenvalue weighted by Crippen LogP contribution is -2.37. The van der Waals surface area contributed by atoms with Crippen molar-refractivity contribution in [2.75, 3.05) is 54.1 Å². The highest BCUT2D eigenvalue weighted by atomic mass is 31.2. The van der Waals surface area contributed by atoms with Crippen LogP contribution in [-0.4, -0.2) is 75.6 Å². The average Bonchev–Trinajstić information content (AvgIpc) is 2.86. The maximum absolute atomic E-state index is 12.3. The highest BCUT2D eigenvalue weighted by Gasteiger charge is 2.26. The van der Waals surface area contributed by atoms with Crippen molar-refractivity contribution >= 4 is 13.8 Å². The summed E-state index contributed by atoms with van der Waals surface area (Å²) in [5.74, 6) is -0.331.